The van der Waals surface area contributed by atoms with Gasteiger partial charge in [-0.05, 0) is 6.92 Å². The van der Waals surface area contributed by atoms with E-state index in [0.29, 0.717) is 13.1 Å². The number of fused-ring (bicyclic) bond motifs is 1. The van der Waals surface area contributed by atoms with Crippen molar-refractivity contribution in [2.45, 2.75) is 20.0 Å². The highest BCUT2D eigenvalue weighted by atomic mass is 16.2. The number of aromatic nitrogens is 2. The van der Waals surface area contributed by atoms with E-state index in [2.05, 4.69) is 10.2 Å². The molecule has 1 aromatic rings. The fraction of sp³-hybridized carbons (Fsp3) is 0.429. The van der Waals surface area contributed by atoms with Crippen molar-refractivity contribution in [3.63, 3.8) is 0 Å². The van der Waals surface area contributed by atoms with Crippen molar-refractivity contribution in [1.82, 2.24) is 15.1 Å². The van der Waals surface area contributed by atoms with Gasteiger partial charge >= 0.3 is 6.03 Å². The normalized spacial score (nSPS) is 14.9. The van der Waals surface area contributed by atoms with Gasteiger partial charge in [0.2, 0.25) is 0 Å². The number of urea groups is 1. The highest BCUT2D eigenvalue weighted by Gasteiger charge is 2.24. The lowest BCUT2D eigenvalue weighted by Crippen LogP contribution is -2.31. The Morgan fingerprint density at radius 2 is 2.42 bits per heavy atom. The number of primary amides is 1. The van der Waals surface area contributed by atoms with Gasteiger partial charge in [-0.1, -0.05) is 0 Å². The fourth-order valence-corrected chi connectivity index (χ4v) is 1.44. The first-order valence-corrected chi connectivity index (χ1v) is 3.75. The summed E-state index contributed by atoms with van der Waals surface area (Å²) in [5, 5.41) is 6.90. The summed E-state index contributed by atoms with van der Waals surface area (Å²) < 4.78 is 0. The van der Waals surface area contributed by atoms with Gasteiger partial charge < -0.3 is 10.6 Å². The number of aromatic amines is 1. The zero-order valence-electron chi connectivity index (χ0n) is 6.79. The molecule has 0 saturated heterocycles. The average molecular weight is 166 g/mol. The monoisotopic (exact) mass is 166 g/mol. The van der Waals surface area contributed by atoms with Crippen molar-refractivity contribution in [2.24, 2.45) is 5.73 Å². The number of rotatable bonds is 0. The first kappa shape index (κ1) is 7.15. The van der Waals surface area contributed by atoms with Crippen LogP contribution in [-0.2, 0) is 13.1 Å². The third-order valence-corrected chi connectivity index (χ3v) is 2.17. The van der Waals surface area contributed by atoms with E-state index < -0.39 is 0 Å². The number of nitrogens with zero attached hydrogens (tertiary/aromatic N) is 2. The minimum Gasteiger partial charge on any atom is -0.351 e. The first-order valence-electron chi connectivity index (χ1n) is 3.75. The Morgan fingerprint density at radius 1 is 1.67 bits per heavy atom. The summed E-state index contributed by atoms with van der Waals surface area (Å²) in [6.45, 7) is 3.07. The molecule has 5 heteroatoms. The van der Waals surface area contributed by atoms with Gasteiger partial charge in [-0.25, -0.2) is 4.79 Å². The molecule has 5 nitrogen and oxygen atoms in total. The Balaban J connectivity index is 2.28. The number of carbonyl (C=O) groups is 1. The van der Waals surface area contributed by atoms with Crippen LogP contribution in [0.1, 0.15) is 17.0 Å². The third kappa shape index (κ3) is 0.861. The number of aryl methyl sites for hydroxylation is 1. The standard InChI is InChI=1S/C7H10N4O/c1-4-5-2-11(7(8)12)3-6(5)10-9-4/h2-3H2,1H3,(H2,8,12)(H,9,10). The molecule has 1 aromatic heterocycles. The molecule has 64 valence electrons. The van der Waals surface area contributed by atoms with Gasteiger partial charge in [0.15, 0.2) is 0 Å². The lowest BCUT2D eigenvalue weighted by molar-refractivity contribution is 0.207. The van der Waals surface area contributed by atoms with Crippen LogP contribution in [0, 0.1) is 6.92 Å². The highest BCUT2D eigenvalue weighted by molar-refractivity contribution is 5.72. The number of hydrogen-bond acceptors (Lipinski definition) is 2. The second kappa shape index (κ2) is 2.23. The molecule has 0 atom stereocenters. The van der Waals surface area contributed by atoms with Crippen LogP contribution in [0.15, 0.2) is 0 Å². The largest absolute Gasteiger partial charge is 0.351 e. The Hall–Kier alpha value is -1.52. The highest BCUT2D eigenvalue weighted by Crippen LogP contribution is 2.22. The van der Waals surface area contributed by atoms with Crippen LogP contribution in [0.3, 0.4) is 0 Å². The second-order valence-electron chi connectivity index (χ2n) is 2.96. The van der Waals surface area contributed by atoms with Gasteiger partial charge in [0.05, 0.1) is 24.5 Å². The van der Waals surface area contributed by atoms with Gasteiger partial charge in [-0.15, -0.1) is 0 Å². The number of nitrogens with two attached hydrogens (primary N) is 1. The summed E-state index contributed by atoms with van der Waals surface area (Å²) in [6, 6.07) is -0.376. The summed E-state index contributed by atoms with van der Waals surface area (Å²) in [5.74, 6) is 0. The molecule has 0 bridgehead atoms. The number of nitrogens with one attached hydrogen (secondary N) is 1. The summed E-state index contributed by atoms with van der Waals surface area (Å²) in [4.78, 5) is 12.4. The van der Waals surface area contributed by atoms with Crippen LogP contribution in [-0.4, -0.2) is 21.1 Å². The second-order valence-corrected chi connectivity index (χ2v) is 2.96. The molecule has 0 radical (unpaired) electrons. The van der Waals surface area contributed by atoms with Crippen molar-refractivity contribution in [3.8, 4) is 0 Å². The van der Waals surface area contributed by atoms with Gasteiger partial charge in [0.1, 0.15) is 0 Å². The zero-order chi connectivity index (χ0) is 8.72. The smallest absolute Gasteiger partial charge is 0.315 e. The lowest BCUT2D eigenvalue weighted by Gasteiger charge is -2.10. The predicted octanol–water partition coefficient (Wildman–Crippen LogP) is 0.112. The molecule has 0 unspecified atom stereocenters. The Labute approximate surface area is 69.5 Å². The molecule has 0 aromatic carbocycles. The number of hydrogen-bond donors (Lipinski definition) is 2. The maximum absolute atomic E-state index is 10.8. The van der Waals surface area contributed by atoms with Crippen molar-refractivity contribution in [3.05, 3.63) is 17.0 Å². The predicted molar refractivity (Wildman–Crippen MR) is 42.2 cm³/mol. The van der Waals surface area contributed by atoms with Crippen molar-refractivity contribution < 1.29 is 4.79 Å². The van der Waals surface area contributed by atoms with E-state index in [4.69, 9.17) is 5.73 Å². The fourth-order valence-electron chi connectivity index (χ4n) is 1.44. The SMILES string of the molecule is Cc1n[nH]c2c1CN(C(N)=O)C2. The quantitative estimate of drug-likeness (QED) is 0.574. The van der Waals surface area contributed by atoms with Gasteiger partial charge in [-0.2, -0.15) is 5.10 Å². The topological polar surface area (TPSA) is 75.0 Å². The van der Waals surface area contributed by atoms with E-state index in [1.807, 2.05) is 6.92 Å². The molecule has 0 spiro atoms. The molecule has 1 aliphatic rings. The molecule has 2 heterocycles. The molecule has 1 aliphatic heterocycles. The van der Waals surface area contributed by atoms with E-state index in [1.54, 1.807) is 4.90 Å². The van der Waals surface area contributed by atoms with Crippen molar-refractivity contribution >= 4 is 6.03 Å². The average Bonchev–Trinajstić information content (AvgIpc) is 2.53. The Bertz CT molecular complexity index is 330. The molecule has 2 amide bonds. The first-order chi connectivity index (χ1) is 5.68. The zero-order valence-corrected chi connectivity index (χ0v) is 6.79. The maximum Gasteiger partial charge on any atom is 0.315 e. The molecular weight excluding hydrogens is 156 g/mol. The Kier molecular flexibility index (Phi) is 1.33. The molecule has 0 saturated carbocycles. The molecule has 2 rings (SSSR count). The van der Waals surface area contributed by atoms with Gasteiger partial charge in [0.25, 0.3) is 0 Å². The lowest BCUT2D eigenvalue weighted by atomic mass is 10.2. The van der Waals surface area contributed by atoms with Gasteiger partial charge in [0, 0.05) is 5.56 Å². The summed E-state index contributed by atoms with van der Waals surface area (Å²) in [6.07, 6.45) is 0. The molecule has 3 N–H and O–H groups in total. The molecular formula is C7H10N4O. The Morgan fingerprint density at radius 3 is 3.00 bits per heavy atom. The van der Waals surface area contributed by atoms with Crippen LogP contribution in [0.2, 0.25) is 0 Å². The van der Waals surface area contributed by atoms with E-state index in [0.717, 1.165) is 17.0 Å². The van der Waals surface area contributed by atoms with Gasteiger partial charge in [-0.3, -0.25) is 5.10 Å². The van der Waals surface area contributed by atoms with E-state index in [1.165, 1.54) is 0 Å². The van der Waals surface area contributed by atoms with E-state index >= 15 is 0 Å². The molecule has 0 fully saturated rings. The van der Waals surface area contributed by atoms with E-state index in [-0.39, 0.29) is 6.03 Å². The minimum atomic E-state index is -0.376. The van der Waals surface area contributed by atoms with Crippen LogP contribution in [0.5, 0.6) is 0 Å². The van der Waals surface area contributed by atoms with Crippen molar-refractivity contribution in [2.75, 3.05) is 0 Å². The molecule has 12 heavy (non-hydrogen) atoms. The van der Waals surface area contributed by atoms with Crippen LogP contribution < -0.4 is 5.73 Å². The van der Waals surface area contributed by atoms with Crippen LogP contribution >= 0.6 is 0 Å². The maximum atomic E-state index is 10.8. The number of amides is 2. The minimum absolute atomic E-state index is 0.376. The van der Waals surface area contributed by atoms with E-state index in [9.17, 15) is 4.79 Å². The summed E-state index contributed by atoms with van der Waals surface area (Å²) in [5.41, 5.74) is 8.20. The van der Waals surface area contributed by atoms with Crippen LogP contribution in [0.25, 0.3) is 0 Å². The van der Waals surface area contributed by atoms with Crippen molar-refractivity contribution in [1.29, 1.82) is 0 Å². The number of carbonyl (C=O) groups excluding carboxylic acids is 1. The number of H-pyrrole nitrogens is 1. The summed E-state index contributed by atoms with van der Waals surface area (Å²) >= 11 is 0. The summed E-state index contributed by atoms with van der Waals surface area (Å²) in [7, 11) is 0. The third-order valence-electron chi connectivity index (χ3n) is 2.17. The molecule has 0 aliphatic carbocycles. The van der Waals surface area contributed by atoms with Crippen LogP contribution in [0.4, 0.5) is 4.79 Å².